The minimum absolute atomic E-state index is 0.0304. The van der Waals surface area contributed by atoms with E-state index in [-0.39, 0.29) is 18.0 Å². The van der Waals surface area contributed by atoms with Gasteiger partial charge in [0.2, 0.25) is 0 Å². The van der Waals surface area contributed by atoms with Crippen LogP contribution in [0, 0.1) is 5.41 Å². The molecule has 1 N–H and O–H groups in total. The van der Waals surface area contributed by atoms with Crippen molar-refractivity contribution in [2.75, 3.05) is 0 Å². The third-order valence-corrected chi connectivity index (χ3v) is 6.85. The van der Waals surface area contributed by atoms with Gasteiger partial charge in [0.05, 0.1) is 10.4 Å². The molecule has 0 radical (unpaired) electrons. The van der Waals surface area contributed by atoms with Gasteiger partial charge in [-0.15, -0.1) is 11.3 Å². The third-order valence-electron chi connectivity index (χ3n) is 6.00. The number of fused-ring (bicyclic) bond motifs is 2. The maximum atomic E-state index is 13.1. The molecule has 4 rings (SSSR count). The summed E-state index contributed by atoms with van der Waals surface area (Å²) in [5.41, 5.74) is 0.828. The first-order chi connectivity index (χ1) is 12.5. The Morgan fingerprint density at radius 3 is 2.73 bits per heavy atom. The summed E-state index contributed by atoms with van der Waals surface area (Å²) in [6.07, 6.45) is 3.50. The predicted molar refractivity (Wildman–Crippen MR) is 99.3 cm³/mol. The van der Waals surface area contributed by atoms with E-state index in [1.807, 2.05) is 47.5 Å². The molecule has 26 heavy (non-hydrogen) atoms. The van der Waals surface area contributed by atoms with Crippen LogP contribution in [-0.4, -0.2) is 39.0 Å². The quantitative estimate of drug-likeness (QED) is 0.873. The summed E-state index contributed by atoms with van der Waals surface area (Å²) < 4.78 is 0. The van der Waals surface area contributed by atoms with Gasteiger partial charge >= 0.3 is 5.97 Å². The van der Waals surface area contributed by atoms with Crippen molar-refractivity contribution >= 4 is 23.2 Å². The number of rotatable bonds is 5. The lowest BCUT2D eigenvalue weighted by Crippen LogP contribution is -2.44. The molecule has 0 unspecified atom stereocenters. The molecule has 2 aromatic rings. The van der Waals surface area contributed by atoms with Gasteiger partial charge in [0.1, 0.15) is 5.69 Å². The lowest BCUT2D eigenvalue weighted by atomic mass is 9.72. The molecule has 5 nitrogen and oxygen atoms in total. The largest absolute Gasteiger partial charge is 0.481 e. The van der Waals surface area contributed by atoms with Crippen LogP contribution in [0.25, 0.3) is 0 Å². The summed E-state index contributed by atoms with van der Waals surface area (Å²) in [5, 5.41) is 12.5. The molecule has 2 saturated heterocycles. The van der Waals surface area contributed by atoms with Gasteiger partial charge in [0.15, 0.2) is 0 Å². The van der Waals surface area contributed by atoms with Gasteiger partial charge in [0, 0.05) is 23.9 Å². The molecule has 0 aliphatic carbocycles. The molecule has 2 aliphatic rings. The molecule has 0 saturated carbocycles. The fraction of sp³-hybridized carbons (Fsp3) is 0.450. The Hall–Kier alpha value is -2.21. The van der Waals surface area contributed by atoms with Crippen molar-refractivity contribution in [2.24, 2.45) is 5.41 Å². The van der Waals surface area contributed by atoms with Gasteiger partial charge in [-0.1, -0.05) is 37.3 Å². The SMILES string of the molecule is CC[C@@]1(C(=O)O)C[C@@H]2CC[C@H]1N2C(=O)c1csc(Cc2ccccc2)n1. The van der Waals surface area contributed by atoms with Crippen LogP contribution in [0.2, 0.25) is 0 Å². The zero-order valence-corrected chi connectivity index (χ0v) is 15.5. The molecular weight excluding hydrogens is 348 g/mol. The number of benzene rings is 1. The smallest absolute Gasteiger partial charge is 0.311 e. The monoisotopic (exact) mass is 370 g/mol. The van der Waals surface area contributed by atoms with Crippen LogP contribution in [0.1, 0.15) is 53.7 Å². The molecule has 136 valence electrons. The van der Waals surface area contributed by atoms with Crippen molar-refractivity contribution in [2.45, 2.75) is 51.1 Å². The van der Waals surface area contributed by atoms with Crippen LogP contribution in [0.5, 0.6) is 0 Å². The second-order valence-corrected chi connectivity index (χ2v) is 8.21. The van der Waals surface area contributed by atoms with Crippen molar-refractivity contribution in [3.05, 3.63) is 52.0 Å². The van der Waals surface area contributed by atoms with Crippen LogP contribution < -0.4 is 0 Å². The van der Waals surface area contributed by atoms with Gasteiger partial charge in [-0.3, -0.25) is 9.59 Å². The number of aliphatic carboxylic acids is 1. The number of hydrogen-bond donors (Lipinski definition) is 1. The van der Waals surface area contributed by atoms with Gasteiger partial charge in [0.25, 0.3) is 5.91 Å². The van der Waals surface area contributed by atoms with Crippen LogP contribution in [0.15, 0.2) is 35.7 Å². The number of aromatic nitrogens is 1. The molecule has 1 aromatic heterocycles. The number of carboxylic acid groups (broad SMARTS) is 1. The summed E-state index contributed by atoms with van der Waals surface area (Å²) in [6, 6.07) is 9.88. The number of carbonyl (C=O) groups excluding carboxylic acids is 1. The normalized spacial score (nSPS) is 27.0. The van der Waals surface area contributed by atoms with E-state index < -0.39 is 11.4 Å². The van der Waals surface area contributed by atoms with Gasteiger partial charge in [-0.2, -0.15) is 0 Å². The second kappa shape index (κ2) is 6.50. The predicted octanol–water partition coefficient (Wildman–Crippen LogP) is 3.59. The Morgan fingerprint density at radius 2 is 2.08 bits per heavy atom. The molecule has 2 fully saturated rings. The maximum absolute atomic E-state index is 13.1. The van der Waals surface area contributed by atoms with Crippen molar-refractivity contribution < 1.29 is 14.7 Å². The van der Waals surface area contributed by atoms with Gasteiger partial charge < -0.3 is 10.0 Å². The third kappa shape index (κ3) is 2.63. The van der Waals surface area contributed by atoms with Gasteiger partial charge in [-0.25, -0.2) is 4.98 Å². The highest BCUT2D eigenvalue weighted by molar-refractivity contribution is 7.09. The first kappa shape index (κ1) is 17.2. The van der Waals surface area contributed by atoms with E-state index in [0.717, 1.165) is 23.4 Å². The highest BCUT2D eigenvalue weighted by atomic mass is 32.1. The average molecular weight is 370 g/mol. The number of thiazole rings is 1. The molecule has 6 heteroatoms. The number of carbonyl (C=O) groups is 2. The molecule has 3 atom stereocenters. The first-order valence-electron chi connectivity index (χ1n) is 9.09. The Morgan fingerprint density at radius 1 is 1.31 bits per heavy atom. The Labute approximate surface area is 156 Å². The number of amides is 1. The van der Waals surface area contributed by atoms with E-state index in [0.29, 0.717) is 25.0 Å². The van der Waals surface area contributed by atoms with Crippen LogP contribution in [-0.2, 0) is 11.2 Å². The fourth-order valence-corrected chi connectivity index (χ4v) is 5.45. The van der Waals surface area contributed by atoms with Crippen LogP contribution >= 0.6 is 11.3 Å². The molecule has 1 aromatic carbocycles. The van der Waals surface area contributed by atoms with Crippen molar-refractivity contribution in [3.8, 4) is 0 Å². The lowest BCUT2D eigenvalue weighted by Gasteiger charge is -2.32. The van der Waals surface area contributed by atoms with E-state index in [9.17, 15) is 14.7 Å². The average Bonchev–Trinajstić information content (AvgIpc) is 3.35. The number of hydrogen-bond acceptors (Lipinski definition) is 4. The highest BCUT2D eigenvalue weighted by Crippen LogP contribution is 2.52. The Balaban J connectivity index is 1.55. The summed E-state index contributed by atoms with van der Waals surface area (Å²) in [5.74, 6) is -0.877. The Kier molecular flexibility index (Phi) is 4.31. The van der Waals surface area contributed by atoms with Crippen molar-refractivity contribution in [1.29, 1.82) is 0 Å². The van der Waals surface area contributed by atoms with Crippen LogP contribution in [0.4, 0.5) is 0 Å². The molecular formula is C20H22N2O3S. The zero-order valence-electron chi connectivity index (χ0n) is 14.7. The molecule has 3 heterocycles. The van der Waals surface area contributed by atoms with E-state index in [2.05, 4.69) is 4.98 Å². The van der Waals surface area contributed by atoms with E-state index >= 15 is 0 Å². The maximum Gasteiger partial charge on any atom is 0.311 e. The van der Waals surface area contributed by atoms with E-state index in [4.69, 9.17) is 0 Å². The summed E-state index contributed by atoms with van der Waals surface area (Å²) in [4.78, 5) is 31.3. The van der Waals surface area contributed by atoms with Crippen molar-refractivity contribution in [3.63, 3.8) is 0 Å². The second-order valence-electron chi connectivity index (χ2n) is 7.27. The number of nitrogens with zero attached hydrogens (tertiary/aromatic N) is 2. The fourth-order valence-electron chi connectivity index (χ4n) is 4.64. The molecule has 2 bridgehead atoms. The molecule has 2 aliphatic heterocycles. The van der Waals surface area contributed by atoms with Gasteiger partial charge in [-0.05, 0) is 31.2 Å². The summed E-state index contributed by atoms with van der Waals surface area (Å²) in [6.45, 7) is 1.91. The summed E-state index contributed by atoms with van der Waals surface area (Å²) in [7, 11) is 0. The van der Waals surface area contributed by atoms with E-state index in [1.165, 1.54) is 11.3 Å². The lowest BCUT2D eigenvalue weighted by molar-refractivity contribution is -0.151. The standard InChI is InChI=1S/C20H22N2O3S/c1-2-20(19(24)25)11-14-8-9-16(20)22(14)18(23)15-12-26-17(21-15)10-13-6-4-3-5-7-13/h3-7,12,14,16H,2,8-11H2,1H3,(H,24,25)/t14-,16+,20+/m0/s1. The topological polar surface area (TPSA) is 70.5 Å². The molecule has 1 amide bonds. The minimum atomic E-state index is -0.790. The number of carboxylic acids is 1. The Bertz CT molecular complexity index is 835. The molecule has 0 spiro atoms. The minimum Gasteiger partial charge on any atom is -0.481 e. The highest BCUT2D eigenvalue weighted by Gasteiger charge is 2.60. The van der Waals surface area contributed by atoms with Crippen molar-refractivity contribution in [1.82, 2.24) is 9.88 Å². The summed E-state index contributed by atoms with van der Waals surface area (Å²) >= 11 is 1.49. The van der Waals surface area contributed by atoms with E-state index in [1.54, 1.807) is 0 Å². The van der Waals surface area contributed by atoms with Crippen LogP contribution in [0.3, 0.4) is 0 Å². The zero-order chi connectivity index (χ0) is 18.3. The first-order valence-corrected chi connectivity index (χ1v) is 9.97.